The van der Waals surface area contributed by atoms with Crippen molar-refractivity contribution in [1.29, 1.82) is 0 Å². The van der Waals surface area contributed by atoms with Gasteiger partial charge in [-0.3, -0.25) is 9.59 Å². The monoisotopic (exact) mass is 352 g/mol. The van der Waals surface area contributed by atoms with E-state index in [2.05, 4.69) is 21.2 Å². The summed E-state index contributed by atoms with van der Waals surface area (Å²) in [6, 6.07) is 8.33. The van der Waals surface area contributed by atoms with Gasteiger partial charge in [0.25, 0.3) is 5.91 Å². The van der Waals surface area contributed by atoms with E-state index in [0.717, 1.165) is 4.47 Å². The number of rotatable bonds is 5. The van der Waals surface area contributed by atoms with E-state index < -0.39 is 5.97 Å². The molecule has 7 heteroatoms. The molecular formula is C14H13BrN2O4. The van der Waals surface area contributed by atoms with Crippen molar-refractivity contribution in [2.45, 2.75) is 6.54 Å². The van der Waals surface area contributed by atoms with Gasteiger partial charge in [-0.15, -0.1) is 0 Å². The van der Waals surface area contributed by atoms with Gasteiger partial charge in [-0.25, -0.2) is 0 Å². The first-order valence-electron chi connectivity index (χ1n) is 6.03. The molecule has 0 bridgehead atoms. The highest BCUT2D eigenvalue weighted by Crippen LogP contribution is 2.28. The van der Waals surface area contributed by atoms with Gasteiger partial charge in [-0.05, 0) is 40.2 Å². The zero-order valence-corrected chi connectivity index (χ0v) is 12.8. The van der Waals surface area contributed by atoms with Crippen molar-refractivity contribution in [3.63, 3.8) is 0 Å². The fourth-order valence-electron chi connectivity index (χ4n) is 1.84. The van der Waals surface area contributed by atoms with Gasteiger partial charge in [0, 0.05) is 18.0 Å². The average molecular weight is 353 g/mol. The standard InChI is InChI=1S/C14H13BrN2O4/c1-21-12-7-9(4-5-10(12)15)16-14(20)11-3-2-6-17(11)8-13(18)19/h2-7H,8H2,1H3,(H,16,20)(H,18,19). The summed E-state index contributed by atoms with van der Waals surface area (Å²) in [6.45, 7) is -0.264. The highest BCUT2D eigenvalue weighted by Gasteiger charge is 2.13. The van der Waals surface area contributed by atoms with E-state index in [1.807, 2.05) is 0 Å². The van der Waals surface area contributed by atoms with Gasteiger partial charge >= 0.3 is 5.97 Å². The fraction of sp³-hybridized carbons (Fsp3) is 0.143. The zero-order valence-electron chi connectivity index (χ0n) is 11.2. The molecule has 0 atom stereocenters. The number of ether oxygens (including phenoxy) is 1. The van der Waals surface area contributed by atoms with Crippen molar-refractivity contribution in [3.8, 4) is 5.75 Å². The van der Waals surface area contributed by atoms with Crippen molar-refractivity contribution < 1.29 is 19.4 Å². The van der Waals surface area contributed by atoms with Gasteiger partial charge in [0.2, 0.25) is 0 Å². The van der Waals surface area contributed by atoms with Gasteiger partial charge < -0.3 is 19.7 Å². The summed E-state index contributed by atoms with van der Waals surface area (Å²) in [5, 5.41) is 11.5. The summed E-state index contributed by atoms with van der Waals surface area (Å²) in [5.74, 6) is -0.801. The predicted molar refractivity (Wildman–Crippen MR) is 80.7 cm³/mol. The van der Waals surface area contributed by atoms with Crippen LogP contribution in [0.1, 0.15) is 10.5 Å². The van der Waals surface area contributed by atoms with E-state index >= 15 is 0 Å². The molecular weight excluding hydrogens is 340 g/mol. The molecule has 1 aromatic heterocycles. The third-order valence-electron chi connectivity index (χ3n) is 2.78. The number of nitrogens with zero attached hydrogens (tertiary/aromatic N) is 1. The Morgan fingerprint density at radius 1 is 1.38 bits per heavy atom. The molecule has 6 nitrogen and oxygen atoms in total. The second kappa shape index (κ2) is 6.45. The number of amides is 1. The zero-order chi connectivity index (χ0) is 15.4. The first kappa shape index (κ1) is 15.1. The van der Waals surface area contributed by atoms with Crippen LogP contribution in [0.3, 0.4) is 0 Å². The van der Waals surface area contributed by atoms with Gasteiger partial charge in [0.05, 0.1) is 11.6 Å². The van der Waals surface area contributed by atoms with Crippen LogP contribution in [0, 0.1) is 0 Å². The lowest BCUT2D eigenvalue weighted by atomic mass is 10.3. The Kier molecular flexibility index (Phi) is 4.64. The molecule has 2 aromatic rings. The second-order valence-electron chi connectivity index (χ2n) is 4.22. The van der Waals surface area contributed by atoms with E-state index in [-0.39, 0.29) is 18.1 Å². The quantitative estimate of drug-likeness (QED) is 0.866. The van der Waals surface area contributed by atoms with Crippen LogP contribution in [0.15, 0.2) is 41.0 Å². The van der Waals surface area contributed by atoms with Crippen molar-refractivity contribution in [2.24, 2.45) is 0 Å². The Morgan fingerprint density at radius 2 is 2.14 bits per heavy atom. The summed E-state index contributed by atoms with van der Waals surface area (Å²) in [6.07, 6.45) is 1.55. The molecule has 0 aliphatic carbocycles. The van der Waals surface area contributed by atoms with Crippen LogP contribution in [-0.2, 0) is 11.3 Å². The topological polar surface area (TPSA) is 80.6 Å². The van der Waals surface area contributed by atoms with E-state index in [0.29, 0.717) is 11.4 Å². The highest BCUT2D eigenvalue weighted by molar-refractivity contribution is 9.10. The lowest BCUT2D eigenvalue weighted by Crippen LogP contribution is -2.19. The molecule has 2 rings (SSSR count). The number of carbonyl (C=O) groups excluding carboxylic acids is 1. The van der Waals surface area contributed by atoms with E-state index in [4.69, 9.17) is 9.84 Å². The first-order valence-corrected chi connectivity index (χ1v) is 6.82. The number of hydrogen-bond acceptors (Lipinski definition) is 3. The molecule has 0 aliphatic heterocycles. The fourth-order valence-corrected chi connectivity index (χ4v) is 2.24. The second-order valence-corrected chi connectivity index (χ2v) is 5.07. The molecule has 0 fully saturated rings. The number of aromatic nitrogens is 1. The minimum absolute atomic E-state index is 0.264. The van der Waals surface area contributed by atoms with Crippen LogP contribution in [0.25, 0.3) is 0 Å². The first-order chi connectivity index (χ1) is 10.0. The molecule has 0 unspecified atom stereocenters. The number of methoxy groups -OCH3 is 1. The van der Waals surface area contributed by atoms with Crippen LogP contribution in [0.2, 0.25) is 0 Å². The van der Waals surface area contributed by atoms with Crippen LogP contribution < -0.4 is 10.1 Å². The summed E-state index contributed by atoms with van der Waals surface area (Å²) >= 11 is 3.33. The Bertz CT molecular complexity index is 681. The maximum atomic E-state index is 12.2. The molecule has 1 heterocycles. The SMILES string of the molecule is COc1cc(NC(=O)c2cccn2CC(=O)O)ccc1Br. The van der Waals surface area contributed by atoms with Gasteiger partial charge in [-0.2, -0.15) is 0 Å². The Balaban J connectivity index is 2.18. The average Bonchev–Trinajstić information content (AvgIpc) is 2.88. The Morgan fingerprint density at radius 3 is 2.81 bits per heavy atom. The van der Waals surface area contributed by atoms with Gasteiger partial charge in [0.15, 0.2) is 0 Å². The summed E-state index contributed by atoms with van der Waals surface area (Å²) in [5.41, 5.74) is 0.836. The van der Waals surface area contributed by atoms with E-state index in [1.54, 1.807) is 36.5 Å². The molecule has 21 heavy (non-hydrogen) atoms. The van der Waals surface area contributed by atoms with Crippen molar-refractivity contribution >= 4 is 33.5 Å². The van der Waals surface area contributed by atoms with Crippen LogP contribution >= 0.6 is 15.9 Å². The van der Waals surface area contributed by atoms with Crippen LogP contribution in [-0.4, -0.2) is 28.7 Å². The smallest absolute Gasteiger partial charge is 0.323 e. The van der Waals surface area contributed by atoms with Crippen LogP contribution in [0.5, 0.6) is 5.75 Å². The number of carbonyl (C=O) groups is 2. The van der Waals surface area contributed by atoms with E-state index in [1.165, 1.54) is 11.7 Å². The molecule has 0 saturated carbocycles. The molecule has 110 valence electrons. The molecule has 0 spiro atoms. The number of anilines is 1. The number of benzene rings is 1. The number of hydrogen-bond donors (Lipinski definition) is 2. The van der Waals surface area contributed by atoms with E-state index in [9.17, 15) is 9.59 Å². The third kappa shape index (κ3) is 3.63. The van der Waals surface area contributed by atoms with Gasteiger partial charge in [-0.1, -0.05) is 0 Å². The maximum Gasteiger partial charge on any atom is 0.323 e. The number of nitrogens with one attached hydrogen (secondary N) is 1. The Hall–Kier alpha value is -2.28. The lowest BCUT2D eigenvalue weighted by molar-refractivity contribution is -0.137. The largest absolute Gasteiger partial charge is 0.495 e. The van der Waals surface area contributed by atoms with Crippen LogP contribution in [0.4, 0.5) is 5.69 Å². The number of halogens is 1. The summed E-state index contributed by atoms with van der Waals surface area (Å²) in [7, 11) is 1.53. The summed E-state index contributed by atoms with van der Waals surface area (Å²) < 4.78 is 7.30. The van der Waals surface area contributed by atoms with Crippen molar-refractivity contribution in [3.05, 3.63) is 46.7 Å². The molecule has 1 aromatic carbocycles. The predicted octanol–water partition coefficient (Wildman–Crippen LogP) is 2.60. The maximum absolute atomic E-state index is 12.2. The molecule has 0 saturated heterocycles. The molecule has 1 amide bonds. The third-order valence-corrected chi connectivity index (χ3v) is 3.43. The van der Waals surface area contributed by atoms with Gasteiger partial charge in [0.1, 0.15) is 18.0 Å². The van der Waals surface area contributed by atoms with Crippen molar-refractivity contribution in [1.82, 2.24) is 4.57 Å². The molecule has 0 aliphatic rings. The van der Waals surface area contributed by atoms with Crippen molar-refractivity contribution in [2.75, 3.05) is 12.4 Å². The molecule has 0 radical (unpaired) electrons. The highest BCUT2D eigenvalue weighted by atomic mass is 79.9. The summed E-state index contributed by atoms with van der Waals surface area (Å²) in [4.78, 5) is 22.9. The minimum atomic E-state index is -1.01. The Labute approximate surface area is 129 Å². The lowest BCUT2D eigenvalue weighted by Gasteiger charge is -2.10. The minimum Gasteiger partial charge on any atom is -0.495 e. The number of carboxylic acid groups (broad SMARTS) is 1. The number of carboxylic acids is 1. The molecule has 2 N–H and O–H groups in total. The number of aliphatic carboxylic acids is 1. The normalized spacial score (nSPS) is 10.2.